The number of pyridine rings is 1. The molecule has 0 saturated heterocycles. The van der Waals surface area contributed by atoms with Gasteiger partial charge in [0.1, 0.15) is 5.65 Å². The minimum atomic E-state index is -1.16. The summed E-state index contributed by atoms with van der Waals surface area (Å²) in [5, 5.41) is 11.1. The van der Waals surface area contributed by atoms with E-state index in [1.807, 2.05) is 47.1 Å². The molecule has 3 aromatic rings. The molecule has 0 saturated carbocycles. The van der Waals surface area contributed by atoms with Gasteiger partial charge in [0.05, 0.1) is 5.69 Å². The predicted octanol–water partition coefficient (Wildman–Crippen LogP) is 2.58. The van der Waals surface area contributed by atoms with Gasteiger partial charge in [-0.2, -0.15) is 0 Å². The number of aromatic nitrogens is 2. The van der Waals surface area contributed by atoms with Gasteiger partial charge < -0.3 is 14.8 Å². The zero-order valence-electron chi connectivity index (χ0n) is 12.0. The van der Waals surface area contributed by atoms with E-state index in [0.29, 0.717) is 5.69 Å². The third-order valence-corrected chi connectivity index (χ3v) is 3.19. The minimum absolute atomic E-state index is 0.493. The van der Waals surface area contributed by atoms with Crippen LogP contribution in [0.3, 0.4) is 0 Å². The summed E-state index contributed by atoms with van der Waals surface area (Å²) < 4.78 is 1.93. The number of amides is 1. The van der Waals surface area contributed by atoms with Crippen LogP contribution in [-0.2, 0) is 9.59 Å². The number of hydrogen-bond donors (Lipinski definition) is 2. The molecule has 0 aliphatic heterocycles. The number of hydrogen-bond acceptors (Lipinski definition) is 3. The van der Waals surface area contributed by atoms with Crippen LogP contribution >= 0.6 is 0 Å². The number of carboxylic acid groups (broad SMARTS) is 1. The smallest absolute Gasteiger partial charge is 0.328 e. The van der Waals surface area contributed by atoms with Crippen molar-refractivity contribution in [1.82, 2.24) is 9.38 Å². The summed E-state index contributed by atoms with van der Waals surface area (Å²) in [7, 11) is 0. The van der Waals surface area contributed by atoms with Crippen LogP contribution < -0.4 is 5.32 Å². The highest BCUT2D eigenvalue weighted by molar-refractivity contribution is 6.02. The van der Waals surface area contributed by atoms with Crippen molar-refractivity contribution in [3.63, 3.8) is 0 Å². The van der Waals surface area contributed by atoms with Gasteiger partial charge in [-0.05, 0) is 24.3 Å². The number of nitrogens with zero attached hydrogens (tertiary/aromatic N) is 2. The fourth-order valence-electron chi connectivity index (χ4n) is 2.13. The Morgan fingerprint density at radius 2 is 1.87 bits per heavy atom. The van der Waals surface area contributed by atoms with Crippen LogP contribution in [0.15, 0.2) is 67.0 Å². The lowest BCUT2D eigenvalue weighted by molar-refractivity contribution is -0.131. The molecule has 0 bridgehead atoms. The Balaban J connectivity index is 1.76. The lowest BCUT2D eigenvalue weighted by Crippen LogP contribution is -2.08. The van der Waals surface area contributed by atoms with E-state index in [1.54, 1.807) is 12.1 Å². The number of carboxylic acids is 1. The topological polar surface area (TPSA) is 83.7 Å². The number of aliphatic carboxylic acids is 1. The lowest BCUT2D eigenvalue weighted by atomic mass is 10.1. The van der Waals surface area contributed by atoms with E-state index in [2.05, 4.69) is 10.3 Å². The van der Waals surface area contributed by atoms with Crippen LogP contribution in [0.1, 0.15) is 0 Å². The molecule has 6 nitrogen and oxygen atoms in total. The molecule has 0 fully saturated rings. The average molecular weight is 307 g/mol. The second-order valence-electron chi connectivity index (χ2n) is 4.83. The summed E-state index contributed by atoms with van der Waals surface area (Å²) >= 11 is 0. The molecule has 0 unspecified atom stereocenters. The van der Waals surface area contributed by atoms with Gasteiger partial charge in [0.2, 0.25) is 5.91 Å². The van der Waals surface area contributed by atoms with E-state index in [9.17, 15) is 9.59 Å². The third kappa shape index (κ3) is 3.44. The normalized spacial score (nSPS) is 11.0. The van der Waals surface area contributed by atoms with E-state index in [-0.39, 0.29) is 0 Å². The lowest BCUT2D eigenvalue weighted by Gasteiger charge is -2.03. The first-order valence-corrected chi connectivity index (χ1v) is 6.88. The SMILES string of the molecule is O=C(O)/C=C/C(=O)Nc1ccc(-c2cn3ccccc3n2)cc1. The van der Waals surface area contributed by atoms with Gasteiger partial charge in [-0.25, -0.2) is 9.78 Å². The molecule has 3 rings (SSSR count). The van der Waals surface area contributed by atoms with Crippen molar-refractivity contribution in [2.24, 2.45) is 0 Å². The summed E-state index contributed by atoms with van der Waals surface area (Å²) in [6.45, 7) is 0. The maximum atomic E-state index is 11.5. The first kappa shape index (κ1) is 14.5. The van der Waals surface area contributed by atoms with Crippen molar-refractivity contribution in [1.29, 1.82) is 0 Å². The highest BCUT2D eigenvalue weighted by Crippen LogP contribution is 2.21. The van der Waals surface area contributed by atoms with Crippen LogP contribution in [0.5, 0.6) is 0 Å². The second kappa shape index (κ2) is 6.15. The van der Waals surface area contributed by atoms with E-state index in [0.717, 1.165) is 29.1 Å². The van der Waals surface area contributed by atoms with Crippen molar-refractivity contribution in [2.45, 2.75) is 0 Å². The van der Waals surface area contributed by atoms with Gasteiger partial charge in [-0.15, -0.1) is 0 Å². The van der Waals surface area contributed by atoms with Gasteiger partial charge in [0.25, 0.3) is 0 Å². The van der Waals surface area contributed by atoms with Crippen molar-refractivity contribution in [3.05, 3.63) is 67.0 Å². The zero-order valence-corrected chi connectivity index (χ0v) is 12.0. The number of rotatable bonds is 4. The molecule has 0 aliphatic rings. The van der Waals surface area contributed by atoms with Gasteiger partial charge >= 0.3 is 5.97 Å². The quantitative estimate of drug-likeness (QED) is 0.726. The van der Waals surface area contributed by atoms with Crippen molar-refractivity contribution in [3.8, 4) is 11.3 Å². The first-order chi connectivity index (χ1) is 11.1. The molecule has 0 spiro atoms. The Labute approximate surface area is 131 Å². The first-order valence-electron chi connectivity index (χ1n) is 6.88. The van der Waals surface area contributed by atoms with E-state index < -0.39 is 11.9 Å². The molecule has 0 aliphatic carbocycles. The molecule has 23 heavy (non-hydrogen) atoms. The van der Waals surface area contributed by atoms with Gasteiger partial charge in [-0.3, -0.25) is 4.79 Å². The molecular formula is C17H13N3O3. The summed E-state index contributed by atoms with van der Waals surface area (Å²) in [4.78, 5) is 26.4. The highest BCUT2D eigenvalue weighted by Gasteiger charge is 2.05. The molecular weight excluding hydrogens is 294 g/mol. The highest BCUT2D eigenvalue weighted by atomic mass is 16.4. The van der Waals surface area contributed by atoms with Crippen molar-refractivity contribution < 1.29 is 14.7 Å². The molecule has 2 heterocycles. The van der Waals surface area contributed by atoms with Crippen LogP contribution in [0.4, 0.5) is 5.69 Å². The number of benzene rings is 1. The number of nitrogens with one attached hydrogen (secondary N) is 1. The third-order valence-electron chi connectivity index (χ3n) is 3.19. The minimum Gasteiger partial charge on any atom is -0.478 e. The number of fused-ring (bicyclic) bond motifs is 1. The maximum Gasteiger partial charge on any atom is 0.328 e. The zero-order chi connectivity index (χ0) is 16.2. The van der Waals surface area contributed by atoms with Crippen LogP contribution in [0.2, 0.25) is 0 Å². The number of carbonyl (C=O) groups excluding carboxylic acids is 1. The number of anilines is 1. The summed E-state index contributed by atoms with van der Waals surface area (Å²) in [6, 6.07) is 13.0. The maximum absolute atomic E-state index is 11.5. The second-order valence-corrected chi connectivity index (χ2v) is 4.83. The van der Waals surface area contributed by atoms with Crippen molar-refractivity contribution in [2.75, 3.05) is 5.32 Å². The molecule has 2 N–H and O–H groups in total. The Morgan fingerprint density at radius 3 is 2.57 bits per heavy atom. The molecule has 1 amide bonds. The predicted molar refractivity (Wildman–Crippen MR) is 86.0 cm³/mol. The Hall–Kier alpha value is -3.41. The van der Waals surface area contributed by atoms with Gasteiger partial charge in [0, 0.05) is 35.8 Å². The fourth-order valence-corrected chi connectivity index (χ4v) is 2.13. The monoisotopic (exact) mass is 307 g/mol. The molecule has 114 valence electrons. The van der Waals surface area contributed by atoms with E-state index >= 15 is 0 Å². The van der Waals surface area contributed by atoms with Crippen LogP contribution in [0, 0.1) is 0 Å². The Bertz CT molecular complexity index is 862. The Morgan fingerprint density at radius 1 is 1.09 bits per heavy atom. The largest absolute Gasteiger partial charge is 0.478 e. The molecule has 6 heteroatoms. The average Bonchev–Trinajstić information content (AvgIpc) is 2.97. The summed E-state index contributed by atoms with van der Waals surface area (Å²) in [5.74, 6) is -1.66. The standard InChI is InChI=1S/C17H13N3O3/c21-16(8-9-17(22)23)18-13-6-4-12(5-7-13)14-11-20-10-2-1-3-15(20)19-14/h1-11H,(H,18,21)(H,22,23)/b9-8+. The van der Waals surface area contributed by atoms with Crippen LogP contribution in [-0.4, -0.2) is 26.4 Å². The fraction of sp³-hybridized carbons (Fsp3) is 0. The van der Waals surface area contributed by atoms with E-state index in [1.165, 1.54) is 0 Å². The van der Waals surface area contributed by atoms with Crippen molar-refractivity contribution >= 4 is 23.2 Å². The van der Waals surface area contributed by atoms with E-state index in [4.69, 9.17) is 5.11 Å². The number of imidazole rings is 1. The van der Waals surface area contributed by atoms with Crippen LogP contribution in [0.25, 0.3) is 16.9 Å². The summed E-state index contributed by atoms with van der Waals surface area (Å²) in [5.41, 5.74) is 3.20. The van der Waals surface area contributed by atoms with Gasteiger partial charge in [0.15, 0.2) is 0 Å². The molecule has 0 radical (unpaired) electrons. The summed E-state index contributed by atoms with van der Waals surface area (Å²) in [6.07, 6.45) is 5.62. The molecule has 2 aromatic heterocycles. The van der Waals surface area contributed by atoms with Gasteiger partial charge in [-0.1, -0.05) is 18.2 Å². The number of carbonyl (C=O) groups is 2. The molecule has 1 aromatic carbocycles. The Kier molecular flexibility index (Phi) is 3.88. The molecule has 0 atom stereocenters.